The summed E-state index contributed by atoms with van der Waals surface area (Å²) in [5.41, 5.74) is 7.12. The zero-order valence-electron chi connectivity index (χ0n) is 18.2. The molecule has 0 bridgehead atoms. The van der Waals surface area contributed by atoms with Crippen molar-refractivity contribution >= 4 is 32.9 Å². The zero-order valence-corrected chi connectivity index (χ0v) is 18.2. The number of rotatable bonds is 4. The average molecular weight is 422 g/mol. The van der Waals surface area contributed by atoms with E-state index in [4.69, 9.17) is 0 Å². The van der Waals surface area contributed by atoms with Crippen molar-refractivity contribution in [2.45, 2.75) is 0 Å². The maximum atomic E-state index is 3.60. The molecule has 33 heavy (non-hydrogen) atoms. The van der Waals surface area contributed by atoms with E-state index in [9.17, 15) is 0 Å². The summed E-state index contributed by atoms with van der Waals surface area (Å²) in [7, 11) is 0. The standard InChI is InChI=1S/C32H23N/c1-2-8-23(9-3-1)25-16-17-27-21-30(19-18-26(27)20-25)33-29-13-6-12-28(22-29)32-15-7-11-24-10-4-5-14-31(24)32/h1-22,33H. The van der Waals surface area contributed by atoms with Crippen LogP contribution in [0.2, 0.25) is 0 Å². The molecule has 0 aliphatic rings. The highest BCUT2D eigenvalue weighted by molar-refractivity contribution is 5.97. The first kappa shape index (κ1) is 19.3. The summed E-state index contributed by atoms with van der Waals surface area (Å²) in [5, 5.41) is 8.61. The lowest BCUT2D eigenvalue weighted by Gasteiger charge is -2.12. The maximum absolute atomic E-state index is 3.60. The van der Waals surface area contributed by atoms with Crippen molar-refractivity contribution in [1.29, 1.82) is 0 Å². The molecular formula is C32H23N. The fourth-order valence-corrected chi connectivity index (χ4v) is 4.54. The molecule has 0 spiro atoms. The highest BCUT2D eigenvalue weighted by Gasteiger charge is 2.06. The van der Waals surface area contributed by atoms with Crippen LogP contribution in [0.15, 0.2) is 133 Å². The Morgan fingerprint density at radius 1 is 0.364 bits per heavy atom. The second-order valence-corrected chi connectivity index (χ2v) is 8.38. The summed E-state index contributed by atoms with van der Waals surface area (Å²) in [5.74, 6) is 0. The molecule has 1 N–H and O–H groups in total. The van der Waals surface area contributed by atoms with Crippen LogP contribution in [0.4, 0.5) is 11.4 Å². The van der Waals surface area contributed by atoms with Crippen molar-refractivity contribution in [2.75, 3.05) is 5.32 Å². The van der Waals surface area contributed by atoms with Crippen molar-refractivity contribution in [3.63, 3.8) is 0 Å². The van der Waals surface area contributed by atoms with Crippen LogP contribution in [-0.2, 0) is 0 Å². The normalized spacial score (nSPS) is 11.0. The average Bonchev–Trinajstić information content (AvgIpc) is 2.89. The Balaban J connectivity index is 1.31. The Labute approximate surface area is 194 Å². The van der Waals surface area contributed by atoms with Crippen LogP contribution in [0, 0.1) is 0 Å². The van der Waals surface area contributed by atoms with E-state index >= 15 is 0 Å². The van der Waals surface area contributed by atoms with Gasteiger partial charge in [0.1, 0.15) is 0 Å². The van der Waals surface area contributed by atoms with Crippen LogP contribution < -0.4 is 5.32 Å². The van der Waals surface area contributed by atoms with E-state index < -0.39 is 0 Å². The van der Waals surface area contributed by atoms with Gasteiger partial charge in [0.15, 0.2) is 0 Å². The molecule has 0 radical (unpaired) electrons. The number of nitrogens with one attached hydrogen (secondary N) is 1. The first-order chi connectivity index (χ1) is 16.3. The molecule has 1 heteroatoms. The molecule has 6 rings (SSSR count). The smallest absolute Gasteiger partial charge is 0.0390 e. The zero-order chi connectivity index (χ0) is 22.0. The topological polar surface area (TPSA) is 12.0 Å². The lowest BCUT2D eigenvalue weighted by Crippen LogP contribution is -1.91. The minimum absolute atomic E-state index is 1.08. The van der Waals surface area contributed by atoms with Gasteiger partial charge in [-0.2, -0.15) is 0 Å². The molecule has 0 saturated heterocycles. The Bertz CT molecular complexity index is 1580. The molecule has 0 aliphatic heterocycles. The Morgan fingerprint density at radius 3 is 2.00 bits per heavy atom. The van der Waals surface area contributed by atoms with Crippen LogP contribution >= 0.6 is 0 Å². The minimum Gasteiger partial charge on any atom is -0.355 e. The highest BCUT2D eigenvalue weighted by Crippen LogP contribution is 2.32. The summed E-state index contributed by atoms with van der Waals surface area (Å²) < 4.78 is 0. The molecule has 0 unspecified atom stereocenters. The Kier molecular flexibility index (Phi) is 4.86. The third kappa shape index (κ3) is 3.86. The molecule has 0 amide bonds. The van der Waals surface area contributed by atoms with E-state index in [0.717, 1.165) is 11.4 Å². The molecule has 0 saturated carbocycles. The number of fused-ring (bicyclic) bond motifs is 2. The van der Waals surface area contributed by atoms with Crippen molar-refractivity contribution in [3.8, 4) is 22.3 Å². The first-order valence-corrected chi connectivity index (χ1v) is 11.3. The van der Waals surface area contributed by atoms with Gasteiger partial charge in [-0.1, -0.05) is 103 Å². The minimum atomic E-state index is 1.08. The van der Waals surface area contributed by atoms with E-state index in [1.54, 1.807) is 0 Å². The summed E-state index contributed by atoms with van der Waals surface area (Å²) in [6, 6.07) is 47.4. The maximum Gasteiger partial charge on any atom is 0.0390 e. The first-order valence-electron chi connectivity index (χ1n) is 11.3. The van der Waals surface area contributed by atoms with Crippen LogP contribution in [0.5, 0.6) is 0 Å². The highest BCUT2D eigenvalue weighted by atomic mass is 14.9. The summed E-state index contributed by atoms with van der Waals surface area (Å²) in [4.78, 5) is 0. The van der Waals surface area contributed by atoms with Gasteiger partial charge in [0, 0.05) is 11.4 Å². The predicted octanol–water partition coefficient (Wildman–Crippen LogP) is 9.07. The van der Waals surface area contributed by atoms with Crippen LogP contribution in [0.3, 0.4) is 0 Å². The van der Waals surface area contributed by atoms with Crippen LogP contribution in [0.25, 0.3) is 43.8 Å². The van der Waals surface area contributed by atoms with E-state index in [1.807, 2.05) is 0 Å². The quantitative estimate of drug-likeness (QED) is 0.299. The molecule has 6 aromatic carbocycles. The molecular weight excluding hydrogens is 398 g/mol. The second-order valence-electron chi connectivity index (χ2n) is 8.38. The molecule has 0 atom stereocenters. The van der Waals surface area contributed by atoms with Gasteiger partial charge in [0.25, 0.3) is 0 Å². The largest absolute Gasteiger partial charge is 0.355 e. The van der Waals surface area contributed by atoms with E-state index in [2.05, 4.69) is 139 Å². The predicted molar refractivity (Wildman–Crippen MR) is 142 cm³/mol. The molecule has 156 valence electrons. The molecule has 1 nitrogen and oxygen atoms in total. The second kappa shape index (κ2) is 8.29. The van der Waals surface area contributed by atoms with E-state index in [1.165, 1.54) is 43.8 Å². The van der Waals surface area contributed by atoms with Gasteiger partial charge >= 0.3 is 0 Å². The van der Waals surface area contributed by atoms with Crippen molar-refractivity contribution in [1.82, 2.24) is 0 Å². The third-order valence-corrected chi connectivity index (χ3v) is 6.20. The molecule has 0 aliphatic carbocycles. The number of benzene rings is 6. The number of hydrogen-bond donors (Lipinski definition) is 1. The van der Waals surface area contributed by atoms with Gasteiger partial charge in [0.2, 0.25) is 0 Å². The lowest BCUT2D eigenvalue weighted by atomic mass is 9.98. The van der Waals surface area contributed by atoms with Gasteiger partial charge in [-0.05, 0) is 74.1 Å². The molecule has 6 aromatic rings. The Hall–Kier alpha value is -4.36. The van der Waals surface area contributed by atoms with E-state index in [0.29, 0.717) is 0 Å². The fraction of sp³-hybridized carbons (Fsp3) is 0. The van der Waals surface area contributed by atoms with Crippen molar-refractivity contribution in [2.24, 2.45) is 0 Å². The van der Waals surface area contributed by atoms with Crippen molar-refractivity contribution < 1.29 is 0 Å². The van der Waals surface area contributed by atoms with E-state index in [-0.39, 0.29) is 0 Å². The third-order valence-electron chi connectivity index (χ3n) is 6.20. The van der Waals surface area contributed by atoms with Gasteiger partial charge in [-0.3, -0.25) is 0 Å². The van der Waals surface area contributed by atoms with Crippen LogP contribution in [0.1, 0.15) is 0 Å². The van der Waals surface area contributed by atoms with Gasteiger partial charge in [-0.15, -0.1) is 0 Å². The Morgan fingerprint density at radius 2 is 1.06 bits per heavy atom. The van der Waals surface area contributed by atoms with Gasteiger partial charge in [-0.25, -0.2) is 0 Å². The van der Waals surface area contributed by atoms with Gasteiger partial charge in [0.05, 0.1) is 0 Å². The molecule has 0 aromatic heterocycles. The summed E-state index contributed by atoms with van der Waals surface area (Å²) >= 11 is 0. The lowest BCUT2D eigenvalue weighted by molar-refractivity contribution is 1.56. The molecule has 0 fully saturated rings. The van der Waals surface area contributed by atoms with Gasteiger partial charge < -0.3 is 5.32 Å². The monoisotopic (exact) mass is 421 g/mol. The van der Waals surface area contributed by atoms with Crippen LogP contribution in [-0.4, -0.2) is 0 Å². The summed E-state index contributed by atoms with van der Waals surface area (Å²) in [6.45, 7) is 0. The number of anilines is 2. The fourth-order valence-electron chi connectivity index (χ4n) is 4.54. The molecule has 0 heterocycles. The summed E-state index contributed by atoms with van der Waals surface area (Å²) in [6.07, 6.45) is 0. The van der Waals surface area contributed by atoms with Crippen molar-refractivity contribution in [3.05, 3.63) is 133 Å². The SMILES string of the molecule is c1ccc(-c2ccc3cc(Nc4cccc(-c5cccc6ccccc56)c4)ccc3c2)cc1. The number of hydrogen-bond acceptors (Lipinski definition) is 1.